The summed E-state index contributed by atoms with van der Waals surface area (Å²) in [7, 11) is -0.497. The second-order valence-corrected chi connectivity index (χ2v) is 13.9. The van der Waals surface area contributed by atoms with Crippen LogP contribution in [-0.4, -0.2) is 55.5 Å². The number of rotatable bonds is 6. The van der Waals surface area contributed by atoms with Gasteiger partial charge >= 0.3 is 5.69 Å². The van der Waals surface area contributed by atoms with E-state index in [1.165, 1.54) is 16.8 Å². The summed E-state index contributed by atoms with van der Waals surface area (Å²) >= 11 is 0. The molecule has 0 aromatic carbocycles. The highest BCUT2D eigenvalue weighted by molar-refractivity contribution is 6.74. The third kappa shape index (κ3) is 3.33. The Kier molecular flexibility index (Phi) is 5.52. The van der Waals surface area contributed by atoms with Crippen LogP contribution < -0.4 is 11.2 Å². The third-order valence-electron chi connectivity index (χ3n) is 6.49. The van der Waals surface area contributed by atoms with E-state index in [9.17, 15) is 9.59 Å². The second kappa shape index (κ2) is 7.21. The molecule has 1 aromatic rings. The van der Waals surface area contributed by atoms with Crippen molar-refractivity contribution in [1.29, 1.82) is 0 Å². The molecular weight excluding hydrogens is 380 g/mol. The molecule has 0 radical (unpaired) electrons. The van der Waals surface area contributed by atoms with E-state index in [2.05, 4.69) is 38.8 Å². The van der Waals surface area contributed by atoms with Gasteiger partial charge in [-0.05, 0) is 24.6 Å². The highest BCUT2D eigenvalue weighted by atomic mass is 28.4. The predicted octanol–water partition coefficient (Wildman–Crippen LogP) is 2.02. The maximum atomic E-state index is 12.4. The Morgan fingerprint density at radius 2 is 2.00 bits per heavy atom. The van der Waals surface area contributed by atoms with Crippen molar-refractivity contribution < 1.29 is 18.6 Å². The van der Waals surface area contributed by atoms with Crippen LogP contribution in [0.25, 0.3) is 0 Å². The number of methoxy groups -OCH3 is 1. The molecule has 0 spiro atoms. The van der Waals surface area contributed by atoms with Crippen molar-refractivity contribution in [3.63, 3.8) is 0 Å². The lowest BCUT2D eigenvalue weighted by atomic mass is 9.90. The van der Waals surface area contributed by atoms with Crippen LogP contribution in [0, 0.1) is 0 Å². The minimum Gasteiger partial charge on any atom is -0.408 e. The molecule has 8 nitrogen and oxygen atoms in total. The second-order valence-electron chi connectivity index (χ2n) is 9.18. The molecule has 0 amide bonds. The lowest BCUT2D eigenvalue weighted by Crippen LogP contribution is -2.54. The number of H-pyrrole nitrogens is 1. The van der Waals surface area contributed by atoms with Crippen molar-refractivity contribution >= 4 is 8.32 Å². The minimum atomic E-state index is -2.13. The molecule has 1 aromatic heterocycles. The Hall–Kier alpha value is -1.26. The fourth-order valence-electron chi connectivity index (χ4n) is 3.84. The van der Waals surface area contributed by atoms with Crippen molar-refractivity contribution in [3.8, 4) is 0 Å². The van der Waals surface area contributed by atoms with Crippen molar-refractivity contribution in [3.05, 3.63) is 33.1 Å². The van der Waals surface area contributed by atoms with E-state index in [1.54, 1.807) is 7.11 Å². The molecule has 0 unspecified atom stereocenters. The number of nitrogens with zero attached hydrogens (tertiary/aromatic N) is 1. The summed E-state index contributed by atoms with van der Waals surface area (Å²) in [6.45, 7) is 13.4. The zero-order valence-electron chi connectivity index (χ0n) is 17.8. The standard InChI is InChI=1S/C19H32N2O6Si/c1-8-19-12(11-24-5)25-14(15(19)27-28(6,7)18(2,3)4)16(26-19)21-10-9-13(22)20-17(21)23/h9-10,12,14-16H,8,11H2,1-7H3,(H,20,22,23)/t12-,14-,15+,16-,19+/m1/s1. The molecule has 28 heavy (non-hydrogen) atoms. The lowest BCUT2D eigenvalue weighted by molar-refractivity contribution is -0.223. The average Bonchev–Trinajstić information content (AvgIpc) is 3.03. The van der Waals surface area contributed by atoms with Gasteiger partial charge in [-0.25, -0.2) is 4.79 Å². The zero-order valence-corrected chi connectivity index (χ0v) is 18.8. The first-order valence-corrected chi connectivity index (χ1v) is 12.7. The Labute approximate surface area is 166 Å². The van der Waals surface area contributed by atoms with Crippen LogP contribution in [0.1, 0.15) is 40.3 Å². The van der Waals surface area contributed by atoms with Crippen LogP contribution in [0.3, 0.4) is 0 Å². The first-order chi connectivity index (χ1) is 13.0. The van der Waals surface area contributed by atoms with E-state index >= 15 is 0 Å². The predicted molar refractivity (Wildman–Crippen MR) is 107 cm³/mol. The van der Waals surface area contributed by atoms with Gasteiger partial charge in [-0.3, -0.25) is 14.3 Å². The topological polar surface area (TPSA) is 91.8 Å². The smallest absolute Gasteiger partial charge is 0.330 e. The molecule has 3 heterocycles. The molecule has 5 atom stereocenters. The van der Waals surface area contributed by atoms with Gasteiger partial charge < -0.3 is 18.6 Å². The van der Waals surface area contributed by atoms with E-state index in [4.69, 9.17) is 18.6 Å². The molecule has 3 rings (SSSR count). The SMILES string of the molecule is CC[C@]12O[C@@H](n3ccc(=O)[nH]c3=O)[C@H](O[C@@H]1COC)[C@@H]2O[Si](C)(C)C(C)(C)C. The van der Waals surface area contributed by atoms with Gasteiger partial charge in [0.05, 0.1) is 6.61 Å². The molecule has 2 fully saturated rings. The van der Waals surface area contributed by atoms with E-state index < -0.39 is 37.5 Å². The maximum absolute atomic E-state index is 12.4. The van der Waals surface area contributed by atoms with Crippen LogP contribution in [0.4, 0.5) is 0 Å². The molecule has 2 aliphatic heterocycles. The number of aromatic nitrogens is 2. The van der Waals surface area contributed by atoms with Gasteiger partial charge in [-0.15, -0.1) is 0 Å². The molecule has 1 N–H and O–H groups in total. The minimum absolute atomic E-state index is 0.0189. The summed E-state index contributed by atoms with van der Waals surface area (Å²) < 4.78 is 26.3. The van der Waals surface area contributed by atoms with Gasteiger partial charge in [0.1, 0.15) is 23.9 Å². The van der Waals surface area contributed by atoms with Crippen molar-refractivity contribution in [2.24, 2.45) is 0 Å². The Balaban J connectivity index is 2.02. The van der Waals surface area contributed by atoms with Crippen LogP contribution in [0.2, 0.25) is 18.1 Å². The fourth-order valence-corrected chi connectivity index (χ4v) is 5.16. The van der Waals surface area contributed by atoms with Crippen LogP contribution in [0.15, 0.2) is 21.9 Å². The number of nitrogens with one attached hydrogen (secondary N) is 1. The maximum Gasteiger partial charge on any atom is 0.330 e. The summed E-state index contributed by atoms with van der Waals surface area (Å²) in [6.07, 6.45) is 0.392. The van der Waals surface area contributed by atoms with Gasteiger partial charge in [0.2, 0.25) is 0 Å². The van der Waals surface area contributed by atoms with Gasteiger partial charge in [0.15, 0.2) is 14.5 Å². The van der Waals surface area contributed by atoms with Crippen molar-refractivity contribution in [2.45, 2.75) is 82.4 Å². The van der Waals surface area contributed by atoms with E-state index in [1.807, 2.05) is 6.92 Å². The quantitative estimate of drug-likeness (QED) is 0.719. The molecular formula is C19H32N2O6Si. The first-order valence-electron chi connectivity index (χ1n) is 9.78. The lowest BCUT2D eigenvalue weighted by Gasteiger charge is -2.42. The first kappa shape index (κ1) is 21.4. The number of aromatic amines is 1. The molecule has 2 bridgehead atoms. The Morgan fingerprint density at radius 1 is 1.32 bits per heavy atom. The fraction of sp³-hybridized carbons (Fsp3) is 0.789. The summed E-state index contributed by atoms with van der Waals surface area (Å²) in [5.41, 5.74) is -1.67. The van der Waals surface area contributed by atoms with Crippen molar-refractivity contribution in [2.75, 3.05) is 13.7 Å². The van der Waals surface area contributed by atoms with Gasteiger partial charge in [-0.2, -0.15) is 0 Å². The largest absolute Gasteiger partial charge is 0.408 e. The highest BCUT2D eigenvalue weighted by Crippen LogP contribution is 2.53. The van der Waals surface area contributed by atoms with Gasteiger partial charge in [0, 0.05) is 19.4 Å². The molecule has 2 saturated heterocycles. The average molecular weight is 413 g/mol. The monoisotopic (exact) mass is 412 g/mol. The summed E-state index contributed by atoms with van der Waals surface area (Å²) in [5.74, 6) is 0. The normalized spacial score (nSPS) is 32.8. The summed E-state index contributed by atoms with van der Waals surface area (Å²) in [5, 5.41) is 0.0189. The van der Waals surface area contributed by atoms with Crippen LogP contribution in [-0.2, 0) is 18.6 Å². The highest BCUT2D eigenvalue weighted by Gasteiger charge is 2.68. The summed E-state index contributed by atoms with van der Waals surface area (Å²) in [6, 6.07) is 1.31. The van der Waals surface area contributed by atoms with Gasteiger partial charge in [0.25, 0.3) is 5.56 Å². The number of fused-ring (bicyclic) bond motifs is 2. The molecule has 9 heteroatoms. The number of ether oxygens (including phenoxy) is 3. The van der Waals surface area contributed by atoms with E-state index in [0.29, 0.717) is 13.0 Å². The zero-order chi connectivity index (χ0) is 20.9. The number of hydrogen-bond donors (Lipinski definition) is 1. The number of hydrogen-bond acceptors (Lipinski definition) is 6. The molecule has 0 saturated carbocycles. The Bertz CT molecular complexity index is 829. The third-order valence-corrected chi connectivity index (χ3v) is 10.9. The van der Waals surface area contributed by atoms with Gasteiger partial charge in [-0.1, -0.05) is 27.7 Å². The molecule has 0 aliphatic carbocycles. The molecule has 2 aliphatic rings. The van der Waals surface area contributed by atoms with Crippen LogP contribution in [0.5, 0.6) is 0 Å². The molecule has 158 valence electrons. The van der Waals surface area contributed by atoms with Crippen molar-refractivity contribution in [1.82, 2.24) is 9.55 Å². The summed E-state index contributed by atoms with van der Waals surface area (Å²) in [4.78, 5) is 26.1. The van der Waals surface area contributed by atoms with E-state index in [-0.39, 0.29) is 17.2 Å². The van der Waals surface area contributed by atoms with E-state index in [0.717, 1.165) is 0 Å². The van der Waals surface area contributed by atoms with Crippen LogP contribution >= 0.6 is 0 Å². The Morgan fingerprint density at radius 3 is 2.54 bits per heavy atom.